The number of aryl methyl sites for hydroxylation is 1. The van der Waals surface area contributed by atoms with Gasteiger partial charge in [-0.3, -0.25) is 14.9 Å². The van der Waals surface area contributed by atoms with Gasteiger partial charge in [0.25, 0.3) is 11.6 Å². The third kappa shape index (κ3) is 4.36. The normalized spacial score (nSPS) is 16.9. The van der Waals surface area contributed by atoms with Crippen molar-refractivity contribution in [3.63, 3.8) is 0 Å². The van der Waals surface area contributed by atoms with Crippen LogP contribution in [0.5, 0.6) is 0 Å². The molecule has 27 heavy (non-hydrogen) atoms. The zero-order chi connectivity index (χ0) is 19.6. The van der Waals surface area contributed by atoms with Gasteiger partial charge in [0.1, 0.15) is 5.82 Å². The maximum atomic E-state index is 14.2. The van der Waals surface area contributed by atoms with Crippen LogP contribution in [0, 0.1) is 22.9 Å². The molecule has 0 saturated carbocycles. The van der Waals surface area contributed by atoms with Crippen LogP contribution in [-0.4, -0.2) is 30.0 Å². The van der Waals surface area contributed by atoms with E-state index in [0.717, 1.165) is 18.4 Å². The number of benzene rings is 2. The molecule has 8 heteroatoms. The average molecular weight is 392 g/mol. The van der Waals surface area contributed by atoms with E-state index in [2.05, 4.69) is 5.32 Å². The SMILES string of the molecule is Cc1ccc(F)c(N2CCCC(NC(=O)c3cc([N+](=O)[O-])ccc3Cl)C2)c1. The van der Waals surface area contributed by atoms with Crippen molar-refractivity contribution >= 4 is 28.9 Å². The van der Waals surface area contributed by atoms with E-state index < -0.39 is 10.8 Å². The Bertz CT molecular complexity index is 890. The predicted molar refractivity (Wildman–Crippen MR) is 102 cm³/mol. The van der Waals surface area contributed by atoms with Crippen molar-refractivity contribution in [2.24, 2.45) is 0 Å². The number of hydrogen-bond donors (Lipinski definition) is 1. The van der Waals surface area contributed by atoms with Crippen molar-refractivity contribution in [3.8, 4) is 0 Å². The van der Waals surface area contributed by atoms with E-state index in [-0.39, 0.29) is 28.1 Å². The van der Waals surface area contributed by atoms with Gasteiger partial charge in [0.2, 0.25) is 0 Å². The molecule has 1 fully saturated rings. The molecule has 2 aromatic rings. The highest BCUT2D eigenvalue weighted by Crippen LogP contribution is 2.26. The van der Waals surface area contributed by atoms with Crippen molar-refractivity contribution in [3.05, 3.63) is 68.5 Å². The lowest BCUT2D eigenvalue weighted by Gasteiger charge is -2.35. The fraction of sp³-hybridized carbons (Fsp3) is 0.316. The van der Waals surface area contributed by atoms with E-state index in [0.29, 0.717) is 18.8 Å². The van der Waals surface area contributed by atoms with Gasteiger partial charge in [-0.05, 0) is 43.5 Å². The third-order valence-electron chi connectivity index (χ3n) is 4.60. The molecule has 6 nitrogen and oxygen atoms in total. The number of amides is 1. The number of nitrogens with zero attached hydrogens (tertiary/aromatic N) is 2. The van der Waals surface area contributed by atoms with Crippen LogP contribution in [0.2, 0.25) is 5.02 Å². The molecule has 1 atom stereocenters. The summed E-state index contributed by atoms with van der Waals surface area (Å²) in [5.41, 5.74) is 1.34. The molecular weight excluding hydrogens is 373 g/mol. The van der Waals surface area contributed by atoms with Gasteiger partial charge in [-0.1, -0.05) is 17.7 Å². The standard InChI is InChI=1S/C19H19ClFN3O3/c1-12-4-7-17(21)18(9-12)23-8-2-3-13(11-23)22-19(25)15-10-14(24(26)27)5-6-16(15)20/h4-7,9-10,13H,2-3,8,11H2,1H3,(H,22,25). The van der Waals surface area contributed by atoms with Gasteiger partial charge in [-0.15, -0.1) is 0 Å². The van der Waals surface area contributed by atoms with E-state index in [1.54, 1.807) is 12.1 Å². The minimum absolute atomic E-state index is 0.0599. The molecule has 0 radical (unpaired) electrons. The van der Waals surface area contributed by atoms with Crippen LogP contribution in [0.4, 0.5) is 15.8 Å². The second kappa shape index (κ2) is 7.92. The predicted octanol–water partition coefficient (Wildman–Crippen LogP) is 4.09. The van der Waals surface area contributed by atoms with Gasteiger partial charge in [-0.25, -0.2) is 4.39 Å². The third-order valence-corrected chi connectivity index (χ3v) is 4.93. The first-order valence-corrected chi connectivity index (χ1v) is 8.99. The summed E-state index contributed by atoms with van der Waals surface area (Å²) in [7, 11) is 0. The van der Waals surface area contributed by atoms with E-state index in [1.807, 2.05) is 11.8 Å². The number of piperidine rings is 1. The molecular formula is C19H19ClFN3O3. The Morgan fingerprint density at radius 1 is 1.33 bits per heavy atom. The molecule has 1 aliphatic heterocycles. The molecule has 3 rings (SSSR count). The highest BCUT2D eigenvalue weighted by Gasteiger charge is 2.25. The summed E-state index contributed by atoms with van der Waals surface area (Å²) >= 11 is 6.03. The number of carbonyl (C=O) groups is 1. The number of rotatable bonds is 4. The Balaban J connectivity index is 1.74. The van der Waals surface area contributed by atoms with E-state index in [1.165, 1.54) is 24.3 Å². The number of anilines is 1. The lowest BCUT2D eigenvalue weighted by molar-refractivity contribution is -0.384. The molecule has 1 heterocycles. The second-order valence-electron chi connectivity index (χ2n) is 6.63. The van der Waals surface area contributed by atoms with Crippen molar-refractivity contribution < 1.29 is 14.1 Å². The minimum atomic E-state index is -0.573. The number of carbonyl (C=O) groups excluding carboxylic acids is 1. The summed E-state index contributed by atoms with van der Waals surface area (Å²) in [6, 6.07) is 8.49. The van der Waals surface area contributed by atoms with Gasteiger partial charge in [0.05, 0.1) is 21.2 Å². The monoisotopic (exact) mass is 391 g/mol. The zero-order valence-corrected chi connectivity index (χ0v) is 15.5. The molecule has 2 aromatic carbocycles. The van der Waals surface area contributed by atoms with Crippen molar-refractivity contribution in [2.45, 2.75) is 25.8 Å². The maximum absolute atomic E-state index is 14.2. The first kappa shape index (κ1) is 19.1. The highest BCUT2D eigenvalue weighted by atomic mass is 35.5. The summed E-state index contributed by atoms with van der Waals surface area (Å²) in [5.74, 6) is -0.769. The van der Waals surface area contributed by atoms with Crippen molar-refractivity contribution in [2.75, 3.05) is 18.0 Å². The summed E-state index contributed by atoms with van der Waals surface area (Å²) in [4.78, 5) is 24.8. The minimum Gasteiger partial charge on any atom is -0.367 e. The van der Waals surface area contributed by atoms with E-state index in [4.69, 9.17) is 11.6 Å². The molecule has 1 aliphatic rings. The van der Waals surface area contributed by atoms with Gasteiger partial charge in [0.15, 0.2) is 0 Å². The van der Waals surface area contributed by atoms with Gasteiger partial charge < -0.3 is 10.2 Å². The van der Waals surface area contributed by atoms with Crippen LogP contribution in [0.3, 0.4) is 0 Å². The topological polar surface area (TPSA) is 75.5 Å². The summed E-state index contributed by atoms with van der Waals surface area (Å²) in [5, 5.41) is 13.9. The number of nitro groups is 1. The Hall–Kier alpha value is -2.67. The van der Waals surface area contributed by atoms with Crippen molar-refractivity contribution in [1.29, 1.82) is 0 Å². The Morgan fingerprint density at radius 2 is 2.11 bits per heavy atom. The summed E-state index contributed by atoms with van der Waals surface area (Å²) in [6.07, 6.45) is 1.53. The number of hydrogen-bond acceptors (Lipinski definition) is 4. The number of halogens is 2. The molecule has 0 aliphatic carbocycles. The molecule has 0 aromatic heterocycles. The highest BCUT2D eigenvalue weighted by molar-refractivity contribution is 6.34. The fourth-order valence-electron chi connectivity index (χ4n) is 3.24. The second-order valence-corrected chi connectivity index (χ2v) is 7.04. The molecule has 1 N–H and O–H groups in total. The van der Waals surface area contributed by atoms with Crippen LogP contribution in [0.15, 0.2) is 36.4 Å². The van der Waals surface area contributed by atoms with Crippen LogP contribution < -0.4 is 10.2 Å². The lowest BCUT2D eigenvalue weighted by Crippen LogP contribution is -2.48. The van der Waals surface area contributed by atoms with Crippen molar-refractivity contribution in [1.82, 2.24) is 5.32 Å². The fourth-order valence-corrected chi connectivity index (χ4v) is 3.45. The average Bonchev–Trinajstić information content (AvgIpc) is 2.64. The van der Waals surface area contributed by atoms with Gasteiger partial charge in [0, 0.05) is 31.3 Å². The van der Waals surface area contributed by atoms with E-state index in [9.17, 15) is 19.3 Å². The van der Waals surface area contributed by atoms with Gasteiger partial charge in [-0.2, -0.15) is 0 Å². The van der Waals surface area contributed by atoms with Crippen LogP contribution in [0.25, 0.3) is 0 Å². The molecule has 0 spiro atoms. The quantitative estimate of drug-likeness (QED) is 0.629. The zero-order valence-electron chi connectivity index (χ0n) is 14.7. The lowest BCUT2D eigenvalue weighted by atomic mass is 10.0. The van der Waals surface area contributed by atoms with Crippen LogP contribution in [0.1, 0.15) is 28.8 Å². The molecule has 0 bridgehead atoms. The molecule has 142 valence electrons. The van der Waals surface area contributed by atoms with E-state index >= 15 is 0 Å². The number of nitro benzene ring substituents is 1. The molecule has 1 amide bonds. The first-order valence-electron chi connectivity index (χ1n) is 8.61. The Morgan fingerprint density at radius 3 is 2.85 bits per heavy atom. The number of non-ortho nitro benzene ring substituents is 1. The largest absolute Gasteiger partial charge is 0.367 e. The van der Waals surface area contributed by atoms with Crippen LogP contribution >= 0.6 is 11.6 Å². The smallest absolute Gasteiger partial charge is 0.270 e. The van der Waals surface area contributed by atoms with Crippen LogP contribution in [-0.2, 0) is 0 Å². The summed E-state index contributed by atoms with van der Waals surface area (Å²) < 4.78 is 14.2. The molecule has 1 unspecified atom stereocenters. The molecule has 1 saturated heterocycles. The Labute approximate surface area is 161 Å². The summed E-state index contributed by atoms with van der Waals surface area (Å²) in [6.45, 7) is 3.05. The Kier molecular flexibility index (Phi) is 5.60. The maximum Gasteiger partial charge on any atom is 0.270 e. The first-order chi connectivity index (χ1) is 12.8. The number of nitrogens with one attached hydrogen (secondary N) is 1. The van der Waals surface area contributed by atoms with Gasteiger partial charge >= 0.3 is 0 Å².